The Bertz CT molecular complexity index is 1120. The summed E-state index contributed by atoms with van der Waals surface area (Å²) in [5, 5.41) is 9.51. The van der Waals surface area contributed by atoms with Crippen LogP contribution in [0.1, 0.15) is 42.5 Å². The number of carbonyl (C=O) groups is 1. The van der Waals surface area contributed by atoms with Crippen LogP contribution in [0.15, 0.2) is 51.5 Å². The van der Waals surface area contributed by atoms with Crippen molar-refractivity contribution >= 4 is 11.8 Å². The number of nitrogens with zero attached hydrogens (tertiary/aromatic N) is 4. The second kappa shape index (κ2) is 8.54. The third-order valence-electron chi connectivity index (χ3n) is 6.32. The minimum absolute atomic E-state index is 0.00435. The highest BCUT2D eigenvalue weighted by Gasteiger charge is 2.37. The van der Waals surface area contributed by atoms with Gasteiger partial charge in [0, 0.05) is 31.6 Å². The molecule has 1 aromatic carbocycles. The van der Waals surface area contributed by atoms with E-state index >= 15 is 0 Å². The number of hydrogen-bond donors (Lipinski definition) is 0. The number of oxazole rings is 1. The molecule has 1 saturated heterocycles. The zero-order valence-corrected chi connectivity index (χ0v) is 18.2. The van der Waals surface area contributed by atoms with Crippen molar-refractivity contribution in [1.82, 2.24) is 9.88 Å². The number of carbonyl (C=O) groups excluding carboxylic acids is 1. The monoisotopic (exact) mass is 430 g/mol. The van der Waals surface area contributed by atoms with E-state index in [1.165, 1.54) is 11.1 Å². The van der Waals surface area contributed by atoms with Gasteiger partial charge in [-0.1, -0.05) is 29.8 Å². The SMILES string of the molecule is Cc1ccc(CN(C(=O)C2CCN(c3oc(-c4ccco4)nc3C#N)CC2)C2CC2)cc1. The Morgan fingerprint density at radius 2 is 1.94 bits per heavy atom. The van der Waals surface area contributed by atoms with Crippen molar-refractivity contribution in [2.75, 3.05) is 18.0 Å². The Labute approximate surface area is 187 Å². The fraction of sp³-hybridized carbons (Fsp3) is 0.400. The number of piperidine rings is 1. The summed E-state index contributed by atoms with van der Waals surface area (Å²) < 4.78 is 11.2. The maximum Gasteiger partial charge on any atom is 0.266 e. The van der Waals surface area contributed by atoms with E-state index < -0.39 is 0 Å². The van der Waals surface area contributed by atoms with Gasteiger partial charge in [0.25, 0.3) is 5.89 Å². The van der Waals surface area contributed by atoms with Gasteiger partial charge in [-0.15, -0.1) is 0 Å². The van der Waals surface area contributed by atoms with Crippen LogP contribution in [-0.2, 0) is 11.3 Å². The molecule has 2 aliphatic rings. The number of nitriles is 1. The van der Waals surface area contributed by atoms with Crippen molar-refractivity contribution in [1.29, 1.82) is 5.26 Å². The van der Waals surface area contributed by atoms with E-state index in [4.69, 9.17) is 8.83 Å². The van der Waals surface area contributed by atoms with Gasteiger partial charge < -0.3 is 18.6 Å². The third kappa shape index (κ3) is 4.13. The summed E-state index contributed by atoms with van der Waals surface area (Å²) >= 11 is 0. The molecular formula is C25H26N4O3. The standard InChI is InChI=1S/C25H26N4O3/c1-17-4-6-18(7-5-17)16-29(20-8-9-20)24(30)19-10-12-28(13-11-19)25-21(15-26)27-23(32-25)22-3-2-14-31-22/h2-7,14,19-20H,8-13,16H2,1H3. The second-order valence-corrected chi connectivity index (χ2v) is 8.71. The summed E-state index contributed by atoms with van der Waals surface area (Å²) in [5.74, 6) is 1.51. The topological polar surface area (TPSA) is 86.5 Å². The molecule has 2 fully saturated rings. The smallest absolute Gasteiger partial charge is 0.266 e. The van der Waals surface area contributed by atoms with E-state index in [9.17, 15) is 10.1 Å². The van der Waals surface area contributed by atoms with Gasteiger partial charge in [-0.05, 0) is 50.3 Å². The molecule has 1 saturated carbocycles. The maximum absolute atomic E-state index is 13.4. The minimum atomic E-state index is -0.00435. The number of benzene rings is 1. The molecule has 1 aliphatic heterocycles. The van der Waals surface area contributed by atoms with Gasteiger partial charge in [0.15, 0.2) is 5.76 Å². The van der Waals surface area contributed by atoms with Crippen LogP contribution in [-0.4, -0.2) is 34.9 Å². The summed E-state index contributed by atoms with van der Waals surface area (Å²) in [5.41, 5.74) is 2.66. The predicted octanol–water partition coefficient (Wildman–Crippen LogP) is 4.52. The van der Waals surface area contributed by atoms with Crippen LogP contribution in [0.25, 0.3) is 11.7 Å². The molecule has 0 unspecified atom stereocenters. The normalized spacial score (nSPS) is 16.7. The van der Waals surface area contributed by atoms with E-state index in [0.717, 1.165) is 25.7 Å². The zero-order chi connectivity index (χ0) is 22.1. The highest BCUT2D eigenvalue weighted by atomic mass is 16.4. The Hall–Kier alpha value is -3.53. The lowest BCUT2D eigenvalue weighted by Crippen LogP contribution is -2.43. The molecule has 0 radical (unpaired) electrons. The fourth-order valence-electron chi connectivity index (χ4n) is 4.33. The summed E-state index contributed by atoms with van der Waals surface area (Å²) in [6, 6.07) is 14.4. The average Bonchev–Trinajstić information content (AvgIpc) is 3.33. The Balaban J connectivity index is 1.25. The van der Waals surface area contributed by atoms with Crippen LogP contribution in [0, 0.1) is 24.2 Å². The molecule has 1 amide bonds. The van der Waals surface area contributed by atoms with Crippen LogP contribution >= 0.6 is 0 Å². The number of amides is 1. The second-order valence-electron chi connectivity index (χ2n) is 8.71. The summed E-state index contributed by atoms with van der Waals surface area (Å²) in [4.78, 5) is 21.8. The van der Waals surface area contributed by atoms with Gasteiger partial charge in [-0.3, -0.25) is 4.79 Å². The molecule has 7 heteroatoms. The summed E-state index contributed by atoms with van der Waals surface area (Å²) in [6.07, 6.45) is 5.20. The van der Waals surface area contributed by atoms with Crippen molar-refractivity contribution < 1.29 is 13.6 Å². The molecule has 0 atom stereocenters. The first-order valence-electron chi connectivity index (χ1n) is 11.2. The van der Waals surface area contributed by atoms with Crippen molar-refractivity contribution in [3.63, 3.8) is 0 Å². The molecule has 0 bridgehead atoms. The molecule has 2 aromatic heterocycles. The van der Waals surface area contributed by atoms with Gasteiger partial charge in [-0.2, -0.15) is 10.2 Å². The number of hydrogen-bond acceptors (Lipinski definition) is 6. The van der Waals surface area contributed by atoms with Crippen molar-refractivity contribution in [3.05, 3.63) is 59.5 Å². The largest absolute Gasteiger partial charge is 0.459 e. The van der Waals surface area contributed by atoms with Crippen LogP contribution in [0.3, 0.4) is 0 Å². The number of aryl methyl sites for hydroxylation is 1. The Morgan fingerprint density at radius 1 is 1.19 bits per heavy atom. The first kappa shape index (κ1) is 20.4. The molecule has 32 heavy (non-hydrogen) atoms. The Morgan fingerprint density at radius 3 is 2.56 bits per heavy atom. The highest BCUT2D eigenvalue weighted by Crippen LogP contribution is 2.34. The zero-order valence-electron chi connectivity index (χ0n) is 18.2. The molecule has 164 valence electrons. The number of rotatable bonds is 6. The van der Waals surface area contributed by atoms with Gasteiger partial charge in [-0.25, -0.2) is 0 Å². The van der Waals surface area contributed by atoms with E-state index in [-0.39, 0.29) is 17.5 Å². The first-order chi connectivity index (χ1) is 15.6. The molecule has 1 aliphatic carbocycles. The minimum Gasteiger partial charge on any atom is -0.459 e. The molecule has 3 heterocycles. The van der Waals surface area contributed by atoms with Gasteiger partial charge in [0.05, 0.1) is 6.26 Å². The average molecular weight is 431 g/mol. The van der Waals surface area contributed by atoms with Gasteiger partial charge in [0.1, 0.15) is 6.07 Å². The molecule has 7 nitrogen and oxygen atoms in total. The third-order valence-corrected chi connectivity index (χ3v) is 6.32. The van der Waals surface area contributed by atoms with E-state index in [0.29, 0.717) is 43.2 Å². The molecule has 0 spiro atoms. The van der Waals surface area contributed by atoms with Crippen LogP contribution in [0.5, 0.6) is 0 Å². The van der Waals surface area contributed by atoms with E-state index in [1.807, 2.05) is 4.90 Å². The highest BCUT2D eigenvalue weighted by molar-refractivity contribution is 5.80. The lowest BCUT2D eigenvalue weighted by Gasteiger charge is -2.34. The van der Waals surface area contributed by atoms with Crippen LogP contribution in [0.4, 0.5) is 5.88 Å². The van der Waals surface area contributed by atoms with Crippen LogP contribution < -0.4 is 4.90 Å². The number of anilines is 1. The lowest BCUT2D eigenvalue weighted by molar-refractivity contribution is -0.137. The first-order valence-corrected chi connectivity index (χ1v) is 11.2. The number of aromatic nitrogens is 1. The number of furan rings is 1. The van der Waals surface area contributed by atoms with Crippen LogP contribution in [0.2, 0.25) is 0 Å². The predicted molar refractivity (Wildman–Crippen MR) is 119 cm³/mol. The van der Waals surface area contributed by atoms with Crippen molar-refractivity contribution in [2.24, 2.45) is 5.92 Å². The van der Waals surface area contributed by atoms with Gasteiger partial charge >= 0.3 is 0 Å². The van der Waals surface area contributed by atoms with E-state index in [2.05, 4.69) is 47.1 Å². The van der Waals surface area contributed by atoms with E-state index in [1.54, 1.807) is 18.4 Å². The Kier molecular flexibility index (Phi) is 5.44. The molecular weight excluding hydrogens is 404 g/mol. The summed E-state index contributed by atoms with van der Waals surface area (Å²) in [7, 11) is 0. The quantitative estimate of drug-likeness (QED) is 0.571. The van der Waals surface area contributed by atoms with Gasteiger partial charge in [0.2, 0.25) is 17.5 Å². The maximum atomic E-state index is 13.4. The molecule has 0 N–H and O–H groups in total. The molecule has 5 rings (SSSR count). The molecule has 3 aromatic rings. The van der Waals surface area contributed by atoms with Crippen molar-refractivity contribution in [2.45, 2.75) is 45.2 Å². The van der Waals surface area contributed by atoms with Crippen molar-refractivity contribution in [3.8, 4) is 17.7 Å². The fourth-order valence-corrected chi connectivity index (χ4v) is 4.33. The summed E-state index contributed by atoms with van der Waals surface area (Å²) in [6.45, 7) is 4.06. The lowest BCUT2D eigenvalue weighted by atomic mass is 9.94.